The van der Waals surface area contributed by atoms with Crippen LogP contribution in [0.15, 0.2) is 30.3 Å². The van der Waals surface area contributed by atoms with Gasteiger partial charge in [0, 0.05) is 24.3 Å². The van der Waals surface area contributed by atoms with Gasteiger partial charge in [0.25, 0.3) is 0 Å². The molecule has 3 rings (SSSR count). The lowest BCUT2D eigenvalue weighted by Crippen LogP contribution is -2.42. The SMILES string of the molecule is O=C([O-])[C@H]1CC(=O)N(C2CCCCC2)[C@H]1c1ccccc1. The Kier molecular flexibility index (Phi) is 3.95. The van der Waals surface area contributed by atoms with E-state index in [-0.39, 0.29) is 24.4 Å². The van der Waals surface area contributed by atoms with Crippen molar-refractivity contribution in [3.8, 4) is 0 Å². The third-order valence-corrected chi connectivity index (χ3v) is 4.78. The summed E-state index contributed by atoms with van der Waals surface area (Å²) in [5.74, 6) is -1.89. The second-order valence-corrected chi connectivity index (χ2v) is 6.08. The fourth-order valence-electron chi connectivity index (χ4n) is 3.80. The molecule has 0 unspecified atom stereocenters. The molecule has 1 aliphatic heterocycles. The normalized spacial score (nSPS) is 27.0. The minimum atomic E-state index is -1.12. The zero-order valence-corrected chi connectivity index (χ0v) is 12.0. The van der Waals surface area contributed by atoms with Gasteiger partial charge in [0.2, 0.25) is 5.91 Å². The second-order valence-electron chi connectivity index (χ2n) is 6.08. The molecule has 1 heterocycles. The highest BCUT2D eigenvalue weighted by molar-refractivity contribution is 5.87. The van der Waals surface area contributed by atoms with Crippen molar-refractivity contribution in [1.29, 1.82) is 0 Å². The Labute approximate surface area is 124 Å². The van der Waals surface area contributed by atoms with Crippen LogP contribution >= 0.6 is 0 Å². The Bertz CT molecular complexity index is 522. The van der Waals surface area contributed by atoms with Crippen LogP contribution in [-0.2, 0) is 9.59 Å². The maximum absolute atomic E-state index is 12.4. The summed E-state index contributed by atoms with van der Waals surface area (Å²) in [5, 5.41) is 11.5. The number of carboxylic acid groups (broad SMARTS) is 1. The third-order valence-electron chi connectivity index (χ3n) is 4.78. The Hall–Kier alpha value is -1.84. The van der Waals surface area contributed by atoms with Gasteiger partial charge in [-0.3, -0.25) is 4.79 Å². The van der Waals surface area contributed by atoms with Gasteiger partial charge >= 0.3 is 0 Å². The Morgan fingerprint density at radius 3 is 2.38 bits per heavy atom. The van der Waals surface area contributed by atoms with Crippen LogP contribution in [0.25, 0.3) is 0 Å². The Morgan fingerprint density at radius 1 is 1.10 bits per heavy atom. The van der Waals surface area contributed by atoms with E-state index in [9.17, 15) is 14.7 Å². The maximum Gasteiger partial charge on any atom is 0.224 e. The summed E-state index contributed by atoms with van der Waals surface area (Å²) in [6.45, 7) is 0. The van der Waals surface area contributed by atoms with Gasteiger partial charge in [-0.1, -0.05) is 49.6 Å². The molecule has 1 saturated heterocycles. The highest BCUT2D eigenvalue weighted by Gasteiger charge is 2.44. The summed E-state index contributed by atoms with van der Waals surface area (Å²) in [6.07, 6.45) is 5.47. The molecule has 21 heavy (non-hydrogen) atoms. The first-order chi connectivity index (χ1) is 10.2. The van der Waals surface area contributed by atoms with E-state index >= 15 is 0 Å². The Balaban J connectivity index is 1.95. The molecular weight excluding hydrogens is 266 g/mol. The maximum atomic E-state index is 12.4. The fraction of sp³-hybridized carbons (Fsp3) is 0.529. The molecule has 2 aliphatic rings. The number of carbonyl (C=O) groups is 2. The molecule has 0 spiro atoms. The topological polar surface area (TPSA) is 60.4 Å². The number of carbonyl (C=O) groups excluding carboxylic acids is 2. The van der Waals surface area contributed by atoms with Crippen LogP contribution in [0, 0.1) is 5.92 Å². The lowest BCUT2D eigenvalue weighted by atomic mass is 9.90. The van der Waals surface area contributed by atoms with Crippen LogP contribution in [0.3, 0.4) is 0 Å². The van der Waals surface area contributed by atoms with Crippen molar-refractivity contribution in [3.63, 3.8) is 0 Å². The van der Waals surface area contributed by atoms with E-state index in [2.05, 4.69) is 0 Å². The highest BCUT2D eigenvalue weighted by Crippen LogP contribution is 2.41. The van der Waals surface area contributed by atoms with E-state index in [0.717, 1.165) is 31.2 Å². The van der Waals surface area contributed by atoms with Crippen molar-refractivity contribution in [2.75, 3.05) is 0 Å². The first kappa shape index (κ1) is 14.1. The van der Waals surface area contributed by atoms with Crippen molar-refractivity contribution >= 4 is 11.9 Å². The van der Waals surface area contributed by atoms with Gasteiger partial charge in [0.1, 0.15) is 0 Å². The van der Waals surface area contributed by atoms with Crippen LogP contribution in [0.2, 0.25) is 0 Å². The van der Waals surface area contributed by atoms with Gasteiger partial charge in [-0.2, -0.15) is 0 Å². The van der Waals surface area contributed by atoms with Gasteiger partial charge < -0.3 is 14.8 Å². The summed E-state index contributed by atoms with van der Waals surface area (Å²) in [6, 6.07) is 9.32. The number of rotatable bonds is 3. The summed E-state index contributed by atoms with van der Waals surface area (Å²) in [5.41, 5.74) is 0.906. The van der Waals surface area contributed by atoms with Crippen molar-refractivity contribution in [2.45, 2.75) is 50.6 Å². The number of carboxylic acids is 1. The molecule has 0 bridgehead atoms. The van der Waals surface area contributed by atoms with Gasteiger partial charge in [-0.05, 0) is 18.4 Å². The smallest absolute Gasteiger partial charge is 0.224 e. The zero-order chi connectivity index (χ0) is 14.8. The van der Waals surface area contributed by atoms with Crippen molar-refractivity contribution in [1.82, 2.24) is 4.90 Å². The second kappa shape index (κ2) is 5.88. The molecule has 1 aromatic rings. The quantitative estimate of drug-likeness (QED) is 0.849. The van der Waals surface area contributed by atoms with Crippen molar-refractivity contribution in [3.05, 3.63) is 35.9 Å². The number of aliphatic carboxylic acids is 1. The van der Waals surface area contributed by atoms with E-state index in [4.69, 9.17) is 0 Å². The van der Waals surface area contributed by atoms with E-state index in [1.807, 2.05) is 35.2 Å². The fourth-order valence-corrected chi connectivity index (χ4v) is 3.80. The van der Waals surface area contributed by atoms with Crippen molar-refractivity contribution < 1.29 is 14.7 Å². The molecule has 1 saturated carbocycles. The number of amides is 1. The number of hydrogen-bond acceptors (Lipinski definition) is 3. The third kappa shape index (κ3) is 2.67. The molecule has 1 aromatic carbocycles. The zero-order valence-electron chi connectivity index (χ0n) is 12.0. The molecule has 4 nitrogen and oxygen atoms in total. The average molecular weight is 286 g/mol. The lowest BCUT2D eigenvalue weighted by Gasteiger charge is -2.37. The molecule has 2 fully saturated rings. The molecule has 1 amide bonds. The van der Waals surface area contributed by atoms with Crippen molar-refractivity contribution in [2.24, 2.45) is 5.92 Å². The largest absolute Gasteiger partial charge is 0.550 e. The molecule has 112 valence electrons. The molecular formula is C17H20NO3-. The first-order valence-electron chi connectivity index (χ1n) is 7.75. The lowest BCUT2D eigenvalue weighted by molar-refractivity contribution is -0.312. The van der Waals surface area contributed by atoms with Gasteiger partial charge in [-0.25, -0.2) is 0 Å². The molecule has 1 aliphatic carbocycles. The van der Waals surface area contributed by atoms with Gasteiger partial charge in [-0.15, -0.1) is 0 Å². The van der Waals surface area contributed by atoms with E-state index in [0.29, 0.717) is 0 Å². The Morgan fingerprint density at radius 2 is 1.76 bits per heavy atom. The minimum Gasteiger partial charge on any atom is -0.550 e. The molecule has 0 aromatic heterocycles. The summed E-state index contributed by atoms with van der Waals surface area (Å²) in [4.78, 5) is 25.7. The predicted molar refractivity (Wildman–Crippen MR) is 76.0 cm³/mol. The van der Waals surface area contributed by atoms with E-state index < -0.39 is 11.9 Å². The number of nitrogens with zero attached hydrogens (tertiary/aromatic N) is 1. The number of hydrogen-bond donors (Lipinski definition) is 0. The minimum absolute atomic E-state index is 0.0371. The number of benzene rings is 1. The van der Waals surface area contributed by atoms with E-state index in [1.165, 1.54) is 6.42 Å². The van der Waals surface area contributed by atoms with Crippen LogP contribution in [-0.4, -0.2) is 22.8 Å². The average Bonchev–Trinajstić information content (AvgIpc) is 2.87. The standard InChI is InChI=1S/C17H21NO3/c19-15-11-14(17(20)21)16(12-7-3-1-4-8-12)18(15)13-9-5-2-6-10-13/h1,3-4,7-8,13-14,16H,2,5-6,9-11H2,(H,20,21)/p-1/t14-,16-/m0/s1. The van der Waals surface area contributed by atoms with Crippen LogP contribution < -0.4 is 5.11 Å². The first-order valence-corrected chi connectivity index (χ1v) is 7.75. The molecule has 2 atom stereocenters. The van der Waals surface area contributed by atoms with Crippen LogP contribution in [0.5, 0.6) is 0 Å². The summed E-state index contributed by atoms with van der Waals surface area (Å²) in [7, 11) is 0. The van der Waals surface area contributed by atoms with E-state index in [1.54, 1.807) is 0 Å². The monoisotopic (exact) mass is 286 g/mol. The van der Waals surface area contributed by atoms with Gasteiger partial charge in [0.15, 0.2) is 0 Å². The van der Waals surface area contributed by atoms with Gasteiger partial charge in [0.05, 0.1) is 6.04 Å². The highest BCUT2D eigenvalue weighted by atomic mass is 16.4. The van der Waals surface area contributed by atoms with Crippen LogP contribution in [0.1, 0.15) is 50.1 Å². The molecule has 0 radical (unpaired) electrons. The summed E-state index contributed by atoms with van der Waals surface area (Å²) >= 11 is 0. The van der Waals surface area contributed by atoms with Crippen LogP contribution in [0.4, 0.5) is 0 Å². The molecule has 0 N–H and O–H groups in total. The number of likely N-dealkylation sites (tertiary alicyclic amines) is 1. The molecule has 4 heteroatoms. The predicted octanol–water partition coefficient (Wildman–Crippen LogP) is 1.66. The summed E-state index contributed by atoms with van der Waals surface area (Å²) < 4.78 is 0.